The molecule has 0 radical (unpaired) electrons. The summed E-state index contributed by atoms with van der Waals surface area (Å²) in [5.74, 6) is 0.276. The predicted molar refractivity (Wildman–Crippen MR) is 128 cm³/mol. The average Bonchev–Trinajstić information content (AvgIpc) is 2.70. The molecule has 0 unspecified atom stereocenters. The molecule has 3 aromatic rings. The summed E-state index contributed by atoms with van der Waals surface area (Å²) in [5, 5.41) is 3.66. The first kappa shape index (κ1) is 22.8. The SMILES string of the molecule is Cc1c(Cl)cccc1-c1cc(CCCc2ccc(NC(=O)C(C)(C)C)cc2)nc(N)n1. The molecule has 1 amide bonds. The third-order valence-corrected chi connectivity index (χ3v) is 5.54. The number of benzene rings is 2. The summed E-state index contributed by atoms with van der Waals surface area (Å²) < 4.78 is 0. The molecule has 0 aliphatic carbocycles. The number of carbonyl (C=O) groups is 1. The van der Waals surface area contributed by atoms with E-state index in [4.69, 9.17) is 17.3 Å². The van der Waals surface area contributed by atoms with Crippen LogP contribution in [0.2, 0.25) is 5.02 Å². The molecule has 162 valence electrons. The second-order valence-corrected chi connectivity index (χ2v) is 9.18. The molecule has 0 bridgehead atoms. The molecular formula is C25H29ClN4O. The molecule has 0 aliphatic heterocycles. The molecular weight excluding hydrogens is 408 g/mol. The Labute approximate surface area is 189 Å². The number of halogens is 1. The number of rotatable bonds is 6. The van der Waals surface area contributed by atoms with Crippen LogP contribution in [0.25, 0.3) is 11.3 Å². The fraction of sp³-hybridized carbons (Fsp3) is 0.320. The largest absolute Gasteiger partial charge is 0.368 e. The standard InChI is InChI=1S/C25H29ClN4O/c1-16-20(9-6-10-21(16)26)22-15-19(29-24(27)30-22)8-5-7-17-11-13-18(14-12-17)28-23(31)25(2,3)4/h6,9-15H,5,7-8H2,1-4H3,(H,28,31)(H2,27,29,30). The van der Waals surface area contributed by atoms with E-state index in [1.54, 1.807) is 0 Å². The Morgan fingerprint density at radius 2 is 1.77 bits per heavy atom. The van der Waals surface area contributed by atoms with Gasteiger partial charge in [-0.15, -0.1) is 0 Å². The molecule has 2 aromatic carbocycles. The first-order valence-corrected chi connectivity index (χ1v) is 10.8. The van der Waals surface area contributed by atoms with E-state index in [0.717, 1.165) is 47.5 Å². The second-order valence-electron chi connectivity index (χ2n) is 8.77. The van der Waals surface area contributed by atoms with Crippen molar-refractivity contribution < 1.29 is 4.79 Å². The molecule has 31 heavy (non-hydrogen) atoms. The summed E-state index contributed by atoms with van der Waals surface area (Å²) >= 11 is 6.26. The molecule has 0 atom stereocenters. The van der Waals surface area contributed by atoms with E-state index in [-0.39, 0.29) is 11.9 Å². The van der Waals surface area contributed by atoms with Crippen LogP contribution >= 0.6 is 11.6 Å². The number of nitrogen functional groups attached to an aromatic ring is 1. The molecule has 1 heterocycles. The molecule has 0 spiro atoms. The Morgan fingerprint density at radius 1 is 1.06 bits per heavy atom. The van der Waals surface area contributed by atoms with Crippen molar-refractivity contribution in [3.63, 3.8) is 0 Å². The summed E-state index contributed by atoms with van der Waals surface area (Å²) in [7, 11) is 0. The molecule has 3 N–H and O–H groups in total. The van der Waals surface area contributed by atoms with E-state index in [9.17, 15) is 4.79 Å². The fourth-order valence-corrected chi connectivity index (χ4v) is 3.39. The number of nitrogens with two attached hydrogens (primary N) is 1. The van der Waals surface area contributed by atoms with Gasteiger partial charge in [0.15, 0.2) is 0 Å². The normalized spacial score (nSPS) is 11.4. The molecule has 0 saturated heterocycles. The van der Waals surface area contributed by atoms with Crippen molar-refractivity contribution in [2.24, 2.45) is 5.41 Å². The molecule has 3 rings (SSSR count). The Hall–Kier alpha value is -2.92. The van der Waals surface area contributed by atoms with Crippen molar-refractivity contribution in [2.45, 2.75) is 47.0 Å². The Balaban J connectivity index is 1.63. The number of anilines is 2. The molecule has 6 heteroatoms. The highest BCUT2D eigenvalue weighted by Gasteiger charge is 2.21. The zero-order valence-electron chi connectivity index (χ0n) is 18.5. The van der Waals surface area contributed by atoms with Crippen LogP contribution in [0.15, 0.2) is 48.5 Å². The quantitative estimate of drug-likeness (QED) is 0.508. The van der Waals surface area contributed by atoms with E-state index in [0.29, 0.717) is 5.02 Å². The lowest BCUT2D eigenvalue weighted by atomic mass is 9.95. The zero-order chi connectivity index (χ0) is 22.6. The van der Waals surface area contributed by atoms with E-state index >= 15 is 0 Å². The number of aromatic nitrogens is 2. The van der Waals surface area contributed by atoms with Crippen molar-refractivity contribution in [2.75, 3.05) is 11.1 Å². The monoisotopic (exact) mass is 436 g/mol. The maximum atomic E-state index is 12.1. The van der Waals surface area contributed by atoms with Crippen molar-refractivity contribution in [1.82, 2.24) is 9.97 Å². The number of amides is 1. The van der Waals surface area contributed by atoms with Gasteiger partial charge < -0.3 is 11.1 Å². The van der Waals surface area contributed by atoms with Gasteiger partial charge in [0.1, 0.15) is 0 Å². The topological polar surface area (TPSA) is 80.9 Å². The van der Waals surface area contributed by atoms with Crippen molar-refractivity contribution >= 4 is 29.1 Å². The van der Waals surface area contributed by atoms with Crippen LogP contribution in [0.3, 0.4) is 0 Å². The van der Waals surface area contributed by atoms with Crippen LogP contribution < -0.4 is 11.1 Å². The van der Waals surface area contributed by atoms with Gasteiger partial charge >= 0.3 is 0 Å². The Kier molecular flexibility index (Phi) is 6.96. The maximum Gasteiger partial charge on any atom is 0.229 e. The number of nitrogens with one attached hydrogen (secondary N) is 1. The van der Waals surface area contributed by atoms with Gasteiger partial charge in [0.25, 0.3) is 0 Å². The van der Waals surface area contributed by atoms with E-state index in [1.807, 2.05) is 76.2 Å². The lowest BCUT2D eigenvalue weighted by Gasteiger charge is -2.17. The minimum atomic E-state index is -0.416. The predicted octanol–water partition coefficient (Wildman–Crippen LogP) is 5.85. The number of hydrogen-bond acceptors (Lipinski definition) is 4. The molecule has 0 aliphatic rings. The van der Waals surface area contributed by atoms with Crippen LogP contribution in [-0.2, 0) is 17.6 Å². The van der Waals surface area contributed by atoms with E-state index in [1.165, 1.54) is 5.56 Å². The maximum absolute atomic E-state index is 12.1. The van der Waals surface area contributed by atoms with Crippen LogP contribution in [0.1, 0.15) is 44.0 Å². The third-order valence-electron chi connectivity index (χ3n) is 5.13. The number of hydrogen-bond donors (Lipinski definition) is 2. The minimum absolute atomic E-state index is 0.00680. The van der Waals surface area contributed by atoms with Gasteiger partial charge in [-0.3, -0.25) is 4.79 Å². The highest BCUT2D eigenvalue weighted by molar-refractivity contribution is 6.31. The average molecular weight is 437 g/mol. The highest BCUT2D eigenvalue weighted by atomic mass is 35.5. The van der Waals surface area contributed by atoms with E-state index in [2.05, 4.69) is 15.3 Å². The van der Waals surface area contributed by atoms with Crippen LogP contribution in [0.5, 0.6) is 0 Å². The Morgan fingerprint density at radius 3 is 2.45 bits per heavy atom. The van der Waals surface area contributed by atoms with Gasteiger partial charge in [0, 0.05) is 27.4 Å². The van der Waals surface area contributed by atoms with Crippen LogP contribution in [-0.4, -0.2) is 15.9 Å². The summed E-state index contributed by atoms with van der Waals surface area (Å²) in [6.45, 7) is 7.67. The van der Waals surface area contributed by atoms with Crippen molar-refractivity contribution in [1.29, 1.82) is 0 Å². The van der Waals surface area contributed by atoms with Gasteiger partial charge in [-0.05, 0) is 61.6 Å². The second kappa shape index (κ2) is 9.48. The van der Waals surface area contributed by atoms with E-state index < -0.39 is 5.41 Å². The van der Waals surface area contributed by atoms with Gasteiger partial charge in [-0.1, -0.05) is 56.6 Å². The molecule has 1 aromatic heterocycles. The molecule has 0 saturated carbocycles. The third kappa shape index (κ3) is 6.05. The first-order chi connectivity index (χ1) is 14.6. The van der Waals surface area contributed by atoms with Crippen LogP contribution in [0.4, 0.5) is 11.6 Å². The van der Waals surface area contributed by atoms with Gasteiger partial charge in [-0.25, -0.2) is 9.97 Å². The summed E-state index contributed by atoms with van der Waals surface area (Å²) in [6, 6.07) is 15.7. The number of carbonyl (C=O) groups excluding carboxylic acids is 1. The van der Waals surface area contributed by atoms with Crippen molar-refractivity contribution in [3.05, 3.63) is 70.4 Å². The lowest BCUT2D eigenvalue weighted by molar-refractivity contribution is -0.123. The Bertz CT molecular complexity index is 1070. The van der Waals surface area contributed by atoms with Gasteiger partial charge in [-0.2, -0.15) is 0 Å². The fourth-order valence-electron chi connectivity index (χ4n) is 3.22. The van der Waals surface area contributed by atoms with Crippen molar-refractivity contribution in [3.8, 4) is 11.3 Å². The minimum Gasteiger partial charge on any atom is -0.368 e. The van der Waals surface area contributed by atoms with Gasteiger partial charge in [0.05, 0.1) is 5.69 Å². The summed E-state index contributed by atoms with van der Waals surface area (Å²) in [4.78, 5) is 20.9. The van der Waals surface area contributed by atoms with Crippen LogP contribution in [0, 0.1) is 12.3 Å². The number of aryl methyl sites for hydroxylation is 2. The number of nitrogens with zero attached hydrogens (tertiary/aromatic N) is 2. The summed E-state index contributed by atoms with van der Waals surface area (Å²) in [5.41, 5.74) is 11.2. The molecule has 0 fully saturated rings. The molecule has 5 nitrogen and oxygen atoms in total. The zero-order valence-corrected chi connectivity index (χ0v) is 19.3. The summed E-state index contributed by atoms with van der Waals surface area (Å²) in [6.07, 6.45) is 2.63. The lowest BCUT2D eigenvalue weighted by Crippen LogP contribution is -2.27. The first-order valence-electron chi connectivity index (χ1n) is 10.4. The smallest absolute Gasteiger partial charge is 0.229 e. The highest BCUT2D eigenvalue weighted by Crippen LogP contribution is 2.28. The van der Waals surface area contributed by atoms with Gasteiger partial charge in [0.2, 0.25) is 11.9 Å².